The highest BCUT2D eigenvalue weighted by Gasteiger charge is 2.23. The van der Waals surface area contributed by atoms with Crippen LogP contribution in [0.2, 0.25) is 0 Å². The first-order valence-corrected chi connectivity index (χ1v) is 12.6. The van der Waals surface area contributed by atoms with Crippen molar-refractivity contribution in [3.8, 4) is 22.4 Å². The Morgan fingerprint density at radius 3 is 2.82 bits per heavy atom. The van der Waals surface area contributed by atoms with Crippen LogP contribution in [0, 0.1) is 0 Å². The Bertz CT molecular complexity index is 1390. The van der Waals surface area contributed by atoms with Crippen LogP contribution in [0.25, 0.3) is 32.6 Å². The van der Waals surface area contributed by atoms with Crippen molar-refractivity contribution in [1.29, 1.82) is 0 Å². The zero-order valence-electron chi connectivity index (χ0n) is 18.0. The molecule has 0 radical (unpaired) electrons. The molecule has 3 aromatic heterocycles. The minimum atomic E-state index is -1.23. The Kier molecular flexibility index (Phi) is 5.92. The smallest absolute Gasteiger partial charge is 0.270 e. The summed E-state index contributed by atoms with van der Waals surface area (Å²) >= 11 is 1.37. The summed E-state index contributed by atoms with van der Waals surface area (Å²) in [5.74, 6) is 0.324. The second kappa shape index (κ2) is 9.01. The van der Waals surface area contributed by atoms with Crippen LogP contribution in [0.5, 0.6) is 0 Å². The molecule has 0 spiro atoms. The van der Waals surface area contributed by atoms with Crippen LogP contribution in [0.15, 0.2) is 52.9 Å². The first kappa shape index (κ1) is 21.7. The van der Waals surface area contributed by atoms with Crippen molar-refractivity contribution < 1.29 is 13.7 Å². The molecule has 1 atom stereocenters. The van der Waals surface area contributed by atoms with Gasteiger partial charge in [-0.1, -0.05) is 30.3 Å². The largest absolute Gasteiger partial charge is 0.396 e. The lowest BCUT2D eigenvalue weighted by Crippen LogP contribution is -2.13. The molecule has 0 saturated heterocycles. The molecule has 9 heteroatoms. The SMILES string of the molecule is COCCCS(=O)c1sc2nc(-c3cnc4c(c3)CNC4=O)cc(-c3ccccc3)c2c1N. The van der Waals surface area contributed by atoms with Gasteiger partial charge < -0.3 is 15.8 Å². The number of nitrogen functional groups attached to an aromatic ring is 1. The highest BCUT2D eigenvalue weighted by molar-refractivity contribution is 7.87. The van der Waals surface area contributed by atoms with E-state index < -0.39 is 10.8 Å². The molecule has 168 valence electrons. The lowest BCUT2D eigenvalue weighted by atomic mass is 10.00. The summed E-state index contributed by atoms with van der Waals surface area (Å²) in [7, 11) is 0.400. The van der Waals surface area contributed by atoms with Gasteiger partial charge >= 0.3 is 0 Å². The van der Waals surface area contributed by atoms with Gasteiger partial charge in [-0.3, -0.25) is 14.0 Å². The minimum Gasteiger partial charge on any atom is -0.396 e. The minimum absolute atomic E-state index is 0.156. The number of aromatic nitrogens is 2. The van der Waals surface area contributed by atoms with Crippen LogP contribution in [0.3, 0.4) is 0 Å². The van der Waals surface area contributed by atoms with Gasteiger partial charge in [0.1, 0.15) is 14.7 Å². The van der Waals surface area contributed by atoms with E-state index >= 15 is 0 Å². The normalized spacial score (nSPS) is 13.8. The van der Waals surface area contributed by atoms with Crippen molar-refractivity contribution in [2.24, 2.45) is 0 Å². The number of carbonyl (C=O) groups is 1. The van der Waals surface area contributed by atoms with E-state index in [0.717, 1.165) is 38.2 Å². The predicted octanol–water partition coefficient (Wildman–Crippen LogP) is 4.00. The molecule has 4 heterocycles. The number of rotatable bonds is 7. The second-order valence-corrected chi connectivity index (χ2v) is 10.5. The highest BCUT2D eigenvalue weighted by atomic mass is 32.2. The summed E-state index contributed by atoms with van der Waals surface area (Å²) in [6.07, 6.45) is 2.36. The van der Waals surface area contributed by atoms with Crippen molar-refractivity contribution in [2.75, 3.05) is 25.2 Å². The Labute approximate surface area is 197 Å². The van der Waals surface area contributed by atoms with Gasteiger partial charge in [0.05, 0.1) is 22.2 Å². The van der Waals surface area contributed by atoms with E-state index in [1.165, 1.54) is 11.3 Å². The van der Waals surface area contributed by atoms with E-state index in [1.807, 2.05) is 42.5 Å². The Balaban J connectivity index is 1.66. The molecule has 33 heavy (non-hydrogen) atoms. The number of anilines is 1. The summed E-state index contributed by atoms with van der Waals surface area (Å²) in [6.45, 7) is 1.01. The van der Waals surface area contributed by atoms with Gasteiger partial charge in [-0.25, -0.2) is 4.98 Å². The number of hydrogen-bond donors (Lipinski definition) is 2. The van der Waals surface area contributed by atoms with Gasteiger partial charge in [0.2, 0.25) is 0 Å². The standard InChI is InChI=1S/C24H22N4O3S2/c1-31-8-5-9-33(30)24-20(25)19-17(14-6-3-2-4-7-14)11-18(28-23(19)32-24)15-10-16-13-27-22(29)21(16)26-12-15/h2-4,6-7,10-12H,5,8-9,13,25H2,1H3,(H,27,29). The molecule has 0 bridgehead atoms. The van der Waals surface area contributed by atoms with Crippen molar-refractivity contribution in [3.63, 3.8) is 0 Å². The fourth-order valence-electron chi connectivity index (χ4n) is 3.94. The number of nitrogens with two attached hydrogens (primary N) is 1. The van der Waals surface area contributed by atoms with Crippen molar-refractivity contribution in [1.82, 2.24) is 15.3 Å². The Hall–Kier alpha value is -3.14. The Morgan fingerprint density at radius 2 is 2.03 bits per heavy atom. The highest BCUT2D eigenvalue weighted by Crippen LogP contribution is 2.42. The quantitative estimate of drug-likeness (QED) is 0.389. The number of hydrogen-bond acceptors (Lipinski definition) is 7. The molecule has 0 fully saturated rings. The molecular formula is C24H22N4O3S2. The number of carbonyl (C=O) groups excluding carboxylic acids is 1. The van der Waals surface area contributed by atoms with Crippen LogP contribution in [0.1, 0.15) is 22.5 Å². The van der Waals surface area contributed by atoms with Crippen LogP contribution in [0.4, 0.5) is 5.69 Å². The number of amides is 1. The topological polar surface area (TPSA) is 107 Å². The third kappa shape index (κ3) is 4.03. The van der Waals surface area contributed by atoms with E-state index in [2.05, 4.69) is 10.3 Å². The average Bonchev–Trinajstić information content (AvgIpc) is 3.38. The maximum absolute atomic E-state index is 13.0. The third-order valence-electron chi connectivity index (χ3n) is 5.55. The summed E-state index contributed by atoms with van der Waals surface area (Å²) in [4.78, 5) is 21.8. The molecular weight excluding hydrogens is 456 g/mol. The van der Waals surface area contributed by atoms with Crippen molar-refractivity contribution >= 4 is 43.9 Å². The number of fused-ring (bicyclic) bond motifs is 2. The fourth-order valence-corrected chi connectivity index (χ4v) is 6.56. The maximum atomic E-state index is 13.0. The van der Waals surface area contributed by atoms with E-state index in [9.17, 15) is 9.00 Å². The van der Waals surface area contributed by atoms with Gasteiger partial charge in [-0.15, -0.1) is 11.3 Å². The predicted molar refractivity (Wildman–Crippen MR) is 132 cm³/mol. The molecule has 1 unspecified atom stereocenters. The van der Waals surface area contributed by atoms with E-state index in [1.54, 1.807) is 13.3 Å². The summed E-state index contributed by atoms with van der Waals surface area (Å²) in [5, 5.41) is 3.61. The number of benzene rings is 1. The number of pyridine rings is 2. The van der Waals surface area contributed by atoms with Crippen LogP contribution < -0.4 is 11.1 Å². The van der Waals surface area contributed by atoms with Crippen molar-refractivity contribution in [2.45, 2.75) is 17.2 Å². The molecule has 4 aromatic rings. The first-order valence-electron chi connectivity index (χ1n) is 10.5. The van der Waals surface area contributed by atoms with Crippen LogP contribution >= 0.6 is 11.3 Å². The molecule has 1 aliphatic heterocycles. The molecule has 7 nitrogen and oxygen atoms in total. The van der Waals surface area contributed by atoms with Crippen molar-refractivity contribution in [3.05, 3.63) is 59.9 Å². The molecule has 5 rings (SSSR count). The molecule has 1 aliphatic rings. The number of ether oxygens (including phenoxy) is 1. The first-order chi connectivity index (χ1) is 16.1. The van der Waals surface area contributed by atoms with E-state index in [4.69, 9.17) is 15.5 Å². The summed E-state index contributed by atoms with van der Waals surface area (Å²) in [6, 6.07) is 13.9. The zero-order chi connectivity index (χ0) is 22.9. The molecule has 1 aromatic carbocycles. The lowest BCUT2D eigenvalue weighted by molar-refractivity contribution is 0.0961. The fraction of sp³-hybridized carbons (Fsp3) is 0.208. The number of nitrogens with one attached hydrogen (secondary N) is 1. The van der Waals surface area contributed by atoms with Gasteiger partial charge in [0.15, 0.2) is 0 Å². The van der Waals surface area contributed by atoms with Gasteiger partial charge in [0.25, 0.3) is 5.91 Å². The van der Waals surface area contributed by atoms with E-state index in [-0.39, 0.29) is 5.91 Å². The van der Waals surface area contributed by atoms with E-state index in [0.29, 0.717) is 40.9 Å². The van der Waals surface area contributed by atoms with Gasteiger partial charge in [-0.2, -0.15) is 0 Å². The molecule has 0 aliphatic carbocycles. The lowest BCUT2D eigenvalue weighted by Gasteiger charge is -2.09. The summed E-state index contributed by atoms with van der Waals surface area (Å²) < 4.78 is 18.7. The average molecular weight is 479 g/mol. The second-order valence-electron chi connectivity index (χ2n) is 7.71. The molecule has 0 saturated carbocycles. The number of thiophene rings is 1. The monoisotopic (exact) mass is 478 g/mol. The number of nitrogens with zero attached hydrogens (tertiary/aromatic N) is 2. The van der Waals surface area contributed by atoms with Crippen LogP contribution in [-0.2, 0) is 22.1 Å². The molecule has 1 amide bonds. The Morgan fingerprint density at radius 1 is 1.21 bits per heavy atom. The maximum Gasteiger partial charge on any atom is 0.270 e. The third-order valence-corrected chi connectivity index (χ3v) is 8.55. The summed E-state index contributed by atoms with van der Waals surface area (Å²) in [5.41, 5.74) is 11.9. The van der Waals surface area contributed by atoms with Gasteiger partial charge in [-0.05, 0) is 29.7 Å². The number of methoxy groups -OCH3 is 1. The van der Waals surface area contributed by atoms with Crippen LogP contribution in [-0.4, -0.2) is 39.6 Å². The zero-order valence-corrected chi connectivity index (χ0v) is 19.6. The van der Waals surface area contributed by atoms with Gasteiger partial charge in [0, 0.05) is 48.7 Å². The molecule has 3 N–H and O–H groups in total.